The Kier molecular flexibility index (Phi) is 2.97. The molecule has 0 atom stereocenters. The number of phenols is 1. The van der Waals surface area contributed by atoms with Gasteiger partial charge in [-0.25, -0.2) is 4.98 Å². The molecule has 3 rings (SSSR count). The largest absolute Gasteiger partial charge is 0.508 e. The van der Waals surface area contributed by atoms with Gasteiger partial charge in [0.05, 0.1) is 5.69 Å². The van der Waals surface area contributed by atoms with Crippen molar-refractivity contribution in [1.82, 2.24) is 15.0 Å². The number of nitrogens with zero attached hydrogens (tertiary/aromatic N) is 3. The quantitative estimate of drug-likeness (QED) is 0.775. The van der Waals surface area contributed by atoms with Crippen LogP contribution in [0.2, 0.25) is 0 Å². The third-order valence-corrected chi connectivity index (χ3v) is 3.61. The molecule has 19 heavy (non-hydrogen) atoms. The van der Waals surface area contributed by atoms with Gasteiger partial charge in [0.25, 0.3) is 0 Å². The average molecular weight is 269 g/mol. The Hall–Kier alpha value is -2.27. The van der Waals surface area contributed by atoms with Gasteiger partial charge in [0, 0.05) is 23.3 Å². The van der Waals surface area contributed by atoms with Crippen molar-refractivity contribution >= 4 is 11.3 Å². The molecule has 2 aromatic heterocycles. The molecular formula is C14H11N3OS. The maximum absolute atomic E-state index is 9.50. The predicted molar refractivity (Wildman–Crippen MR) is 75.0 cm³/mol. The molecule has 0 saturated carbocycles. The Morgan fingerprint density at radius 3 is 2.79 bits per heavy atom. The summed E-state index contributed by atoms with van der Waals surface area (Å²) in [7, 11) is 0. The number of benzene rings is 1. The van der Waals surface area contributed by atoms with Crippen LogP contribution in [0.1, 0.15) is 5.69 Å². The van der Waals surface area contributed by atoms with Gasteiger partial charge < -0.3 is 5.11 Å². The van der Waals surface area contributed by atoms with E-state index < -0.39 is 0 Å². The summed E-state index contributed by atoms with van der Waals surface area (Å²) in [5.41, 5.74) is 3.37. The van der Waals surface area contributed by atoms with Crippen molar-refractivity contribution in [3.63, 3.8) is 0 Å². The minimum Gasteiger partial charge on any atom is -0.508 e. The molecule has 94 valence electrons. The van der Waals surface area contributed by atoms with Crippen molar-refractivity contribution in [1.29, 1.82) is 0 Å². The molecular weight excluding hydrogens is 258 g/mol. The van der Waals surface area contributed by atoms with Crippen LogP contribution in [0.15, 0.2) is 42.0 Å². The summed E-state index contributed by atoms with van der Waals surface area (Å²) in [5, 5.41) is 12.3. The second-order valence-electron chi connectivity index (χ2n) is 4.08. The standard InChI is InChI=1S/C14H11N3OS/c1-9-13(16-6-5-15-9)12-8-19-14(17-12)10-3-2-4-11(18)7-10/h2-8,18H,1H3. The van der Waals surface area contributed by atoms with Crippen molar-refractivity contribution in [2.75, 3.05) is 0 Å². The first-order chi connectivity index (χ1) is 9.24. The van der Waals surface area contributed by atoms with Crippen LogP contribution in [0.4, 0.5) is 0 Å². The highest BCUT2D eigenvalue weighted by Gasteiger charge is 2.10. The van der Waals surface area contributed by atoms with E-state index in [-0.39, 0.29) is 5.75 Å². The normalized spacial score (nSPS) is 10.6. The van der Waals surface area contributed by atoms with Crippen LogP contribution in [-0.2, 0) is 0 Å². The second-order valence-corrected chi connectivity index (χ2v) is 4.94. The van der Waals surface area contributed by atoms with E-state index in [0.717, 1.165) is 27.7 Å². The first-order valence-electron chi connectivity index (χ1n) is 5.77. The van der Waals surface area contributed by atoms with E-state index in [1.165, 1.54) is 11.3 Å². The van der Waals surface area contributed by atoms with E-state index in [4.69, 9.17) is 0 Å². The molecule has 1 aromatic carbocycles. The number of hydrogen-bond donors (Lipinski definition) is 1. The summed E-state index contributed by atoms with van der Waals surface area (Å²) >= 11 is 1.52. The molecule has 3 aromatic rings. The molecule has 0 saturated heterocycles. The zero-order valence-corrected chi connectivity index (χ0v) is 11.1. The molecule has 0 aliphatic heterocycles. The minimum absolute atomic E-state index is 0.241. The Labute approximate surface area is 114 Å². The lowest BCUT2D eigenvalue weighted by Gasteiger charge is -1.99. The molecule has 0 aliphatic carbocycles. The minimum atomic E-state index is 0.241. The third-order valence-electron chi connectivity index (χ3n) is 2.72. The number of aromatic nitrogens is 3. The lowest BCUT2D eigenvalue weighted by molar-refractivity contribution is 0.475. The number of thiazole rings is 1. The van der Waals surface area contributed by atoms with Gasteiger partial charge in [0.15, 0.2) is 0 Å². The van der Waals surface area contributed by atoms with E-state index in [1.54, 1.807) is 30.6 Å². The van der Waals surface area contributed by atoms with Crippen molar-refractivity contribution in [2.45, 2.75) is 6.92 Å². The first kappa shape index (κ1) is 11.8. The summed E-state index contributed by atoms with van der Waals surface area (Å²) in [6.07, 6.45) is 3.33. The topological polar surface area (TPSA) is 58.9 Å². The SMILES string of the molecule is Cc1nccnc1-c1csc(-c2cccc(O)c2)n1. The number of phenolic OH excluding ortho intramolecular Hbond substituents is 1. The first-order valence-corrected chi connectivity index (χ1v) is 6.65. The van der Waals surface area contributed by atoms with Crippen LogP contribution < -0.4 is 0 Å². The number of rotatable bonds is 2. The van der Waals surface area contributed by atoms with Gasteiger partial charge in [-0.15, -0.1) is 11.3 Å². The fourth-order valence-electron chi connectivity index (χ4n) is 1.81. The van der Waals surface area contributed by atoms with Gasteiger partial charge >= 0.3 is 0 Å². The summed E-state index contributed by atoms with van der Waals surface area (Å²) in [6.45, 7) is 1.91. The number of aryl methyl sites for hydroxylation is 1. The summed E-state index contributed by atoms with van der Waals surface area (Å²) in [5.74, 6) is 0.241. The van der Waals surface area contributed by atoms with E-state index in [2.05, 4.69) is 15.0 Å². The molecule has 1 N–H and O–H groups in total. The maximum atomic E-state index is 9.50. The molecule has 0 fully saturated rings. The van der Waals surface area contributed by atoms with Gasteiger partial charge in [-0.05, 0) is 19.1 Å². The van der Waals surface area contributed by atoms with Crippen LogP contribution in [0.3, 0.4) is 0 Å². The van der Waals surface area contributed by atoms with Crippen LogP contribution in [0.5, 0.6) is 5.75 Å². The second kappa shape index (κ2) is 4.78. The molecule has 0 bridgehead atoms. The lowest BCUT2D eigenvalue weighted by Crippen LogP contribution is -1.90. The van der Waals surface area contributed by atoms with Gasteiger partial charge in [0.1, 0.15) is 22.1 Å². The van der Waals surface area contributed by atoms with Crippen LogP contribution in [-0.4, -0.2) is 20.1 Å². The van der Waals surface area contributed by atoms with Crippen LogP contribution in [0.25, 0.3) is 22.0 Å². The monoisotopic (exact) mass is 269 g/mol. The Bertz CT molecular complexity index is 724. The van der Waals surface area contributed by atoms with Crippen molar-refractivity contribution in [2.24, 2.45) is 0 Å². The predicted octanol–water partition coefficient (Wildman–Crippen LogP) is 3.28. The summed E-state index contributed by atoms with van der Waals surface area (Å²) in [6, 6.07) is 7.07. The average Bonchev–Trinajstić information content (AvgIpc) is 2.89. The summed E-state index contributed by atoms with van der Waals surface area (Å²) < 4.78 is 0. The summed E-state index contributed by atoms with van der Waals surface area (Å²) in [4.78, 5) is 13.1. The highest BCUT2D eigenvalue weighted by atomic mass is 32.1. The zero-order chi connectivity index (χ0) is 13.2. The Balaban J connectivity index is 2.03. The highest BCUT2D eigenvalue weighted by molar-refractivity contribution is 7.13. The molecule has 0 spiro atoms. The number of hydrogen-bond acceptors (Lipinski definition) is 5. The molecule has 0 unspecified atom stereocenters. The Morgan fingerprint density at radius 2 is 2.00 bits per heavy atom. The van der Waals surface area contributed by atoms with Gasteiger partial charge in [-0.1, -0.05) is 12.1 Å². The number of aromatic hydroxyl groups is 1. The fourth-order valence-corrected chi connectivity index (χ4v) is 2.61. The molecule has 5 heteroatoms. The highest BCUT2D eigenvalue weighted by Crippen LogP contribution is 2.30. The molecule has 4 nitrogen and oxygen atoms in total. The van der Waals surface area contributed by atoms with Gasteiger partial charge in [0.2, 0.25) is 0 Å². The molecule has 2 heterocycles. The van der Waals surface area contributed by atoms with E-state index >= 15 is 0 Å². The molecule has 0 radical (unpaired) electrons. The third kappa shape index (κ3) is 2.32. The lowest BCUT2D eigenvalue weighted by atomic mass is 10.2. The Morgan fingerprint density at radius 1 is 1.16 bits per heavy atom. The maximum Gasteiger partial charge on any atom is 0.124 e. The van der Waals surface area contributed by atoms with E-state index in [9.17, 15) is 5.11 Å². The van der Waals surface area contributed by atoms with Crippen LogP contribution >= 0.6 is 11.3 Å². The smallest absolute Gasteiger partial charge is 0.124 e. The fraction of sp³-hybridized carbons (Fsp3) is 0.0714. The van der Waals surface area contributed by atoms with Crippen molar-refractivity contribution < 1.29 is 5.11 Å². The van der Waals surface area contributed by atoms with E-state index in [0.29, 0.717) is 0 Å². The van der Waals surface area contributed by atoms with Crippen molar-refractivity contribution in [3.8, 4) is 27.7 Å². The van der Waals surface area contributed by atoms with Gasteiger partial charge in [-0.3, -0.25) is 9.97 Å². The molecule has 0 amide bonds. The van der Waals surface area contributed by atoms with Gasteiger partial charge in [-0.2, -0.15) is 0 Å². The van der Waals surface area contributed by atoms with Crippen molar-refractivity contribution in [3.05, 3.63) is 47.7 Å². The zero-order valence-electron chi connectivity index (χ0n) is 10.2. The van der Waals surface area contributed by atoms with E-state index in [1.807, 2.05) is 18.4 Å². The van der Waals surface area contributed by atoms with Crippen LogP contribution in [0, 0.1) is 6.92 Å². The molecule has 0 aliphatic rings.